The number of hydrogen-bond donors (Lipinski definition) is 3. The number of sulfone groups is 1. The van der Waals surface area contributed by atoms with Crippen molar-refractivity contribution in [3.8, 4) is 0 Å². The molecule has 2 aliphatic rings. The Morgan fingerprint density at radius 2 is 2.07 bits per heavy atom. The number of guanidine groups is 1. The highest BCUT2D eigenvalue weighted by Gasteiger charge is 2.28. The highest BCUT2D eigenvalue weighted by molar-refractivity contribution is 7.91. The molecule has 0 aliphatic carbocycles. The van der Waals surface area contributed by atoms with Crippen LogP contribution < -0.4 is 20.9 Å². The van der Waals surface area contributed by atoms with Crippen LogP contribution in [0.1, 0.15) is 44.2 Å². The largest absolute Gasteiger partial charge is 0.372 e. The Morgan fingerprint density at radius 3 is 2.73 bits per heavy atom. The molecule has 2 heterocycles. The summed E-state index contributed by atoms with van der Waals surface area (Å²) in [5.41, 5.74) is 2.44. The second kappa shape index (κ2) is 10.1. The molecule has 166 valence electrons. The molecule has 1 aromatic rings. The van der Waals surface area contributed by atoms with Gasteiger partial charge in [-0.1, -0.05) is 12.1 Å². The number of carbonyl (C=O) groups is 1. The van der Waals surface area contributed by atoms with E-state index >= 15 is 0 Å². The average molecular weight is 436 g/mol. The summed E-state index contributed by atoms with van der Waals surface area (Å²) in [5, 5.41) is 9.33. The van der Waals surface area contributed by atoms with Crippen LogP contribution in [-0.4, -0.2) is 64.5 Å². The number of hydrogen-bond acceptors (Lipinski definition) is 5. The first kappa shape index (κ1) is 22.4. The van der Waals surface area contributed by atoms with Crippen LogP contribution in [0.15, 0.2) is 29.3 Å². The first-order chi connectivity index (χ1) is 14.4. The zero-order valence-electron chi connectivity index (χ0n) is 17.9. The summed E-state index contributed by atoms with van der Waals surface area (Å²) >= 11 is 0. The molecule has 1 aromatic carbocycles. The third kappa shape index (κ3) is 6.35. The Labute approximate surface area is 179 Å². The Hall–Kier alpha value is -2.29. The molecule has 0 bridgehead atoms. The van der Waals surface area contributed by atoms with E-state index in [1.54, 1.807) is 7.05 Å². The molecule has 2 fully saturated rings. The summed E-state index contributed by atoms with van der Waals surface area (Å²) in [6, 6.07) is 8.37. The van der Waals surface area contributed by atoms with Gasteiger partial charge in [0.1, 0.15) is 0 Å². The minimum Gasteiger partial charge on any atom is -0.372 e. The lowest BCUT2D eigenvalue weighted by atomic mass is 10.1. The summed E-state index contributed by atoms with van der Waals surface area (Å²) in [6.07, 6.45) is 3.26. The minimum atomic E-state index is -2.99. The zero-order valence-corrected chi connectivity index (χ0v) is 18.7. The molecule has 1 amide bonds. The molecule has 2 unspecified atom stereocenters. The van der Waals surface area contributed by atoms with Crippen molar-refractivity contribution in [3.63, 3.8) is 0 Å². The first-order valence-corrected chi connectivity index (χ1v) is 12.5. The molecule has 8 nitrogen and oxygen atoms in total. The normalized spacial score (nSPS) is 22.0. The van der Waals surface area contributed by atoms with Gasteiger partial charge >= 0.3 is 0 Å². The smallest absolute Gasteiger partial charge is 0.222 e. The van der Waals surface area contributed by atoms with Gasteiger partial charge in [-0.3, -0.25) is 9.79 Å². The number of nitrogens with zero attached hydrogens (tertiary/aromatic N) is 2. The lowest BCUT2D eigenvalue weighted by molar-refractivity contribution is -0.121. The van der Waals surface area contributed by atoms with Crippen molar-refractivity contribution in [2.24, 2.45) is 4.99 Å². The molecule has 3 N–H and O–H groups in total. The van der Waals surface area contributed by atoms with Crippen molar-refractivity contribution in [1.82, 2.24) is 16.0 Å². The van der Waals surface area contributed by atoms with Gasteiger partial charge in [-0.05, 0) is 43.9 Å². The van der Waals surface area contributed by atoms with E-state index < -0.39 is 9.84 Å². The van der Waals surface area contributed by atoms with Crippen LogP contribution in [0, 0.1) is 0 Å². The maximum absolute atomic E-state index is 12.1. The number of rotatable bonds is 7. The molecule has 2 saturated heterocycles. The maximum atomic E-state index is 12.1. The molecule has 30 heavy (non-hydrogen) atoms. The molecule has 0 aromatic heterocycles. The lowest BCUT2D eigenvalue weighted by Crippen LogP contribution is -2.41. The number of anilines is 1. The van der Waals surface area contributed by atoms with E-state index in [1.165, 1.54) is 24.1 Å². The van der Waals surface area contributed by atoms with Gasteiger partial charge in [0.05, 0.1) is 17.5 Å². The molecular formula is C21H33N5O3S. The van der Waals surface area contributed by atoms with Crippen LogP contribution in [0.4, 0.5) is 5.69 Å². The van der Waals surface area contributed by atoms with Crippen molar-refractivity contribution in [1.29, 1.82) is 0 Å². The second-order valence-corrected chi connectivity index (χ2v) is 10.3. The third-order valence-electron chi connectivity index (χ3n) is 5.66. The van der Waals surface area contributed by atoms with Gasteiger partial charge in [-0.2, -0.15) is 0 Å². The van der Waals surface area contributed by atoms with E-state index in [0.29, 0.717) is 18.9 Å². The predicted molar refractivity (Wildman–Crippen MR) is 121 cm³/mol. The Kier molecular flexibility index (Phi) is 7.58. The van der Waals surface area contributed by atoms with Crippen LogP contribution in [-0.2, 0) is 14.6 Å². The third-order valence-corrected chi connectivity index (χ3v) is 7.43. The van der Waals surface area contributed by atoms with Gasteiger partial charge in [-0.15, -0.1) is 0 Å². The van der Waals surface area contributed by atoms with Gasteiger partial charge in [0.15, 0.2) is 15.8 Å². The summed E-state index contributed by atoms with van der Waals surface area (Å²) in [6.45, 7) is 4.74. The van der Waals surface area contributed by atoms with Crippen molar-refractivity contribution in [3.05, 3.63) is 29.8 Å². The van der Waals surface area contributed by atoms with E-state index in [9.17, 15) is 13.2 Å². The van der Waals surface area contributed by atoms with E-state index in [1.807, 2.05) is 0 Å². The predicted octanol–water partition coefficient (Wildman–Crippen LogP) is 1.21. The number of benzene rings is 1. The number of amides is 1. The zero-order chi connectivity index (χ0) is 21.6. The summed E-state index contributed by atoms with van der Waals surface area (Å²) in [7, 11) is -1.29. The molecule has 2 atom stereocenters. The highest BCUT2D eigenvalue weighted by Crippen LogP contribution is 2.23. The minimum absolute atomic E-state index is 0.0450. The van der Waals surface area contributed by atoms with Crippen molar-refractivity contribution in [2.75, 3.05) is 43.1 Å². The van der Waals surface area contributed by atoms with E-state index in [-0.39, 0.29) is 35.9 Å². The molecule has 2 aliphatic heterocycles. The maximum Gasteiger partial charge on any atom is 0.222 e. The fourth-order valence-corrected chi connectivity index (χ4v) is 5.63. The van der Waals surface area contributed by atoms with Crippen molar-refractivity contribution >= 4 is 27.4 Å². The van der Waals surface area contributed by atoms with E-state index in [0.717, 1.165) is 13.1 Å². The molecule has 0 radical (unpaired) electrons. The fourth-order valence-electron chi connectivity index (χ4n) is 3.95. The van der Waals surface area contributed by atoms with Gasteiger partial charge < -0.3 is 20.9 Å². The van der Waals surface area contributed by atoms with Gasteiger partial charge in [0.25, 0.3) is 0 Å². The highest BCUT2D eigenvalue weighted by atomic mass is 32.2. The van der Waals surface area contributed by atoms with Crippen LogP contribution in [0.3, 0.4) is 0 Å². The average Bonchev–Trinajstić information content (AvgIpc) is 3.37. The van der Waals surface area contributed by atoms with Gasteiger partial charge in [0, 0.05) is 44.8 Å². The van der Waals surface area contributed by atoms with Crippen LogP contribution in [0.5, 0.6) is 0 Å². The standard InChI is InChI=1S/C21H33N5O3S/c1-16(17-6-5-7-19(14-17)26-11-3-4-12-26)24-21(22-2)23-10-8-20(27)25-18-9-13-30(28,29)15-18/h5-7,14,16,18H,3-4,8-13,15H2,1-2H3,(H,25,27)(H2,22,23,24). The van der Waals surface area contributed by atoms with Crippen LogP contribution >= 0.6 is 0 Å². The summed E-state index contributed by atoms with van der Waals surface area (Å²) in [5.74, 6) is 0.684. The molecule has 3 rings (SSSR count). The number of aliphatic imine (C=N–C) groups is 1. The Balaban J connectivity index is 1.44. The van der Waals surface area contributed by atoms with Gasteiger partial charge in [0.2, 0.25) is 5.91 Å². The Morgan fingerprint density at radius 1 is 1.30 bits per heavy atom. The number of nitrogens with one attached hydrogen (secondary N) is 3. The van der Waals surface area contributed by atoms with Crippen molar-refractivity contribution < 1.29 is 13.2 Å². The summed E-state index contributed by atoms with van der Waals surface area (Å²) in [4.78, 5) is 18.7. The molecule has 0 saturated carbocycles. The molecule has 9 heteroatoms. The number of carbonyl (C=O) groups excluding carboxylic acids is 1. The van der Waals surface area contributed by atoms with Crippen molar-refractivity contribution in [2.45, 2.75) is 44.7 Å². The van der Waals surface area contributed by atoms with E-state index in [4.69, 9.17) is 0 Å². The Bertz CT molecular complexity index is 865. The first-order valence-electron chi connectivity index (χ1n) is 10.7. The van der Waals surface area contributed by atoms with Crippen LogP contribution in [0.2, 0.25) is 0 Å². The molecule has 0 spiro atoms. The fraction of sp³-hybridized carbons (Fsp3) is 0.619. The summed E-state index contributed by atoms with van der Waals surface area (Å²) < 4.78 is 23.0. The monoisotopic (exact) mass is 435 g/mol. The lowest BCUT2D eigenvalue weighted by Gasteiger charge is -2.22. The second-order valence-electron chi connectivity index (χ2n) is 8.07. The quantitative estimate of drug-likeness (QED) is 0.439. The van der Waals surface area contributed by atoms with Crippen LogP contribution in [0.25, 0.3) is 0 Å². The topological polar surface area (TPSA) is 103 Å². The SMILES string of the molecule is CN=C(NCCC(=O)NC1CCS(=O)(=O)C1)NC(C)c1cccc(N2CCCC2)c1. The molecular weight excluding hydrogens is 402 g/mol. The van der Waals surface area contributed by atoms with Gasteiger partial charge in [-0.25, -0.2) is 8.42 Å². The van der Waals surface area contributed by atoms with E-state index in [2.05, 4.69) is 57.0 Å².